The maximum Gasteiger partial charge on any atom is 0.239 e. The van der Waals surface area contributed by atoms with Crippen LogP contribution in [0.25, 0.3) is 0 Å². The third-order valence-corrected chi connectivity index (χ3v) is 2.55. The number of ether oxygens (including phenoxy) is 1. The Bertz CT molecular complexity index is 422. The summed E-state index contributed by atoms with van der Waals surface area (Å²) in [5.41, 5.74) is 10.6. The first-order valence-corrected chi connectivity index (χ1v) is 5.97. The first kappa shape index (κ1) is 15.0. The Morgan fingerprint density at radius 1 is 1.32 bits per heavy atom. The van der Waals surface area contributed by atoms with E-state index < -0.39 is 11.9 Å². The molecule has 1 rings (SSSR count). The molecular weight excluding hydrogens is 246 g/mol. The van der Waals surface area contributed by atoms with Crippen LogP contribution in [0.1, 0.15) is 6.42 Å². The van der Waals surface area contributed by atoms with Crippen molar-refractivity contribution in [1.29, 1.82) is 0 Å². The Labute approximate surface area is 112 Å². The minimum absolute atomic E-state index is 0.150. The van der Waals surface area contributed by atoms with Gasteiger partial charge in [0.1, 0.15) is 12.4 Å². The number of benzene rings is 1. The highest BCUT2D eigenvalue weighted by Gasteiger charge is 2.19. The molecule has 1 unspecified atom stereocenters. The van der Waals surface area contributed by atoms with Crippen LogP contribution in [0.3, 0.4) is 0 Å². The average molecular weight is 265 g/mol. The standard InChI is InChI=1S/C13H19N3O3/c1-16(13(18)11(14)9-12(15)17)7-8-19-10-5-3-2-4-6-10/h2-6,11H,7-9,14H2,1H3,(H2,15,17). The minimum atomic E-state index is -0.890. The highest BCUT2D eigenvalue weighted by Crippen LogP contribution is 2.07. The molecule has 1 atom stereocenters. The van der Waals surface area contributed by atoms with Crippen LogP contribution in [0.4, 0.5) is 0 Å². The molecule has 0 fully saturated rings. The molecule has 0 saturated heterocycles. The Morgan fingerprint density at radius 3 is 2.53 bits per heavy atom. The van der Waals surface area contributed by atoms with Gasteiger partial charge in [-0.05, 0) is 12.1 Å². The van der Waals surface area contributed by atoms with Crippen LogP contribution in [0, 0.1) is 0 Å². The number of nitrogens with zero attached hydrogens (tertiary/aromatic N) is 1. The van der Waals surface area contributed by atoms with Crippen LogP contribution in [0.15, 0.2) is 30.3 Å². The number of amides is 2. The van der Waals surface area contributed by atoms with Crippen molar-refractivity contribution in [1.82, 2.24) is 4.90 Å². The third kappa shape index (κ3) is 5.39. The molecule has 0 spiro atoms. The van der Waals surface area contributed by atoms with E-state index in [9.17, 15) is 9.59 Å². The molecule has 0 aliphatic rings. The lowest BCUT2D eigenvalue weighted by molar-refractivity contribution is -0.133. The first-order chi connectivity index (χ1) is 9.00. The SMILES string of the molecule is CN(CCOc1ccccc1)C(=O)C(N)CC(N)=O. The molecule has 6 heteroatoms. The minimum Gasteiger partial charge on any atom is -0.492 e. The molecule has 19 heavy (non-hydrogen) atoms. The van der Waals surface area contributed by atoms with Gasteiger partial charge in [0.15, 0.2) is 0 Å². The normalized spacial score (nSPS) is 11.7. The van der Waals surface area contributed by atoms with Gasteiger partial charge < -0.3 is 21.1 Å². The summed E-state index contributed by atoms with van der Waals surface area (Å²) in [6.45, 7) is 0.746. The summed E-state index contributed by atoms with van der Waals surface area (Å²) in [5.74, 6) is -0.171. The fourth-order valence-electron chi connectivity index (χ4n) is 1.51. The van der Waals surface area contributed by atoms with Crippen molar-refractivity contribution in [2.24, 2.45) is 11.5 Å². The lowest BCUT2D eigenvalue weighted by Gasteiger charge is -2.20. The highest BCUT2D eigenvalue weighted by atomic mass is 16.5. The predicted molar refractivity (Wildman–Crippen MR) is 71.4 cm³/mol. The number of primary amides is 1. The summed E-state index contributed by atoms with van der Waals surface area (Å²) >= 11 is 0. The second-order valence-electron chi connectivity index (χ2n) is 4.20. The van der Waals surface area contributed by atoms with Crippen LogP contribution in [0.2, 0.25) is 0 Å². The number of hydrogen-bond acceptors (Lipinski definition) is 4. The van der Waals surface area contributed by atoms with Crippen molar-refractivity contribution < 1.29 is 14.3 Å². The van der Waals surface area contributed by atoms with Crippen molar-refractivity contribution in [3.8, 4) is 5.75 Å². The molecule has 0 bridgehead atoms. The van der Waals surface area contributed by atoms with Gasteiger partial charge in [-0.3, -0.25) is 9.59 Å². The zero-order valence-electron chi connectivity index (χ0n) is 10.9. The van der Waals surface area contributed by atoms with Crippen LogP contribution < -0.4 is 16.2 Å². The number of para-hydroxylation sites is 1. The van der Waals surface area contributed by atoms with E-state index >= 15 is 0 Å². The van der Waals surface area contributed by atoms with Gasteiger partial charge >= 0.3 is 0 Å². The van der Waals surface area contributed by atoms with Crippen molar-refractivity contribution in [3.63, 3.8) is 0 Å². The first-order valence-electron chi connectivity index (χ1n) is 5.97. The van der Waals surface area contributed by atoms with Gasteiger partial charge in [0.2, 0.25) is 11.8 Å². The maximum absolute atomic E-state index is 11.8. The van der Waals surface area contributed by atoms with Crippen molar-refractivity contribution in [3.05, 3.63) is 30.3 Å². The van der Waals surface area contributed by atoms with Gasteiger partial charge in [0.05, 0.1) is 19.0 Å². The molecule has 4 N–H and O–H groups in total. The lowest BCUT2D eigenvalue weighted by atomic mass is 10.2. The van der Waals surface area contributed by atoms with Crippen LogP contribution in [0.5, 0.6) is 5.75 Å². The average Bonchev–Trinajstić information content (AvgIpc) is 2.38. The molecule has 0 aliphatic carbocycles. The number of hydrogen-bond donors (Lipinski definition) is 2. The summed E-state index contributed by atoms with van der Waals surface area (Å²) in [4.78, 5) is 23.9. The number of carbonyl (C=O) groups is 2. The second kappa shape index (κ2) is 7.38. The van der Waals surface area contributed by atoms with E-state index in [1.165, 1.54) is 4.90 Å². The van der Waals surface area contributed by atoms with E-state index in [0.717, 1.165) is 5.75 Å². The topological polar surface area (TPSA) is 98.7 Å². The quantitative estimate of drug-likeness (QED) is 0.708. The van der Waals surface area contributed by atoms with Gasteiger partial charge in [-0.1, -0.05) is 18.2 Å². The fraction of sp³-hybridized carbons (Fsp3) is 0.385. The van der Waals surface area contributed by atoms with E-state index in [-0.39, 0.29) is 12.3 Å². The Hall–Kier alpha value is -2.08. The zero-order valence-corrected chi connectivity index (χ0v) is 10.9. The second-order valence-corrected chi connectivity index (χ2v) is 4.20. The summed E-state index contributed by atoms with van der Waals surface area (Å²) in [6, 6.07) is 8.41. The molecule has 0 radical (unpaired) electrons. The summed E-state index contributed by atoms with van der Waals surface area (Å²) < 4.78 is 5.46. The molecule has 0 aromatic heterocycles. The molecule has 1 aromatic rings. The zero-order chi connectivity index (χ0) is 14.3. The smallest absolute Gasteiger partial charge is 0.239 e. The third-order valence-electron chi connectivity index (χ3n) is 2.55. The van der Waals surface area contributed by atoms with Gasteiger partial charge in [-0.2, -0.15) is 0 Å². The van der Waals surface area contributed by atoms with Crippen molar-refractivity contribution >= 4 is 11.8 Å². The molecule has 1 aromatic carbocycles. The van der Waals surface area contributed by atoms with Gasteiger partial charge in [0.25, 0.3) is 0 Å². The van der Waals surface area contributed by atoms with E-state index in [4.69, 9.17) is 16.2 Å². The van der Waals surface area contributed by atoms with E-state index in [0.29, 0.717) is 13.2 Å². The van der Waals surface area contributed by atoms with Gasteiger partial charge in [-0.25, -0.2) is 0 Å². The lowest BCUT2D eigenvalue weighted by Crippen LogP contribution is -2.45. The summed E-state index contributed by atoms with van der Waals surface area (Å²) in [5, 5.41) is 0. The van der Waals surface area contributed by atoms with Gasteiger partial charge in [0, 0.05) is 7.05 Å². The summed E-state index contributed by atoms with van der Waals surface area (Å²) in [7, 11) is 1.61. The van der Waals surface area contributed by atoms with Crippen LogP contribution in [-0.2, 0) is 9.59 Å². The highest BCUT2D eigenvalue weighted by molar-refractivity contribution is 5.87. The fourth-order valence-corrected chi connectivity index (χ4v) is 1.51. The Kier molecular flexibility index (Phi) is 5.81. The molecule has 104 valence electrons. The largest absolute Gasteiger partial charge is 0.492 e. The van der Waals surface area contributed by atoms with E-state index in [2.05, 4.69) is 0 Å². The monoisotopic (exact) mass is 265 g/mol. The Morgan fingerprint density at radius 2 is 1.95 bits per heavy atom. The van der Waals surface area contributed by atoms with Crippen LogP contribution >= 0.6 is 0 Å². The predicted octanol–water partition coefficient (Wildman–Crippen LogP) is -0.273. The number of carbonyl (C=O) groups excluding carboxylic acids is 2. The van der Waals surface area contributed by atoms with E-state index in [1.54, 1.807) is 7.05 Å². The number of nitrogens with two attached hydrogens (primary N) is 2. The van der Waals surface area contributed by atoms with Crippen LogP contribution in [-0.4, -0.2) is 43.0 Å². The maximum atomic E-state index is 11.8. The molecular formula is C13H19N3O3. The van der Waals surface area contributed by atoms with Gasteiger partial charge in [-0.15, -0.1) is 0 Å². The number of likely N-dealkylation sites (N-methyl/N-ethyl adjacent to an activating group) is 1. The Balaban J connectivity index is 2.32. The molecule has 0 heterocycles. The molecule has 0 aliphatic heterocycles. The molecule has 0 saturated carbocycles. The molecule has 2 amide bonds. The summed E-state index contributed by atoms with van der Waals surface area (Å²) in [6.07, 6.45) is -0.150. The van der Waals surface area contributed by atoms with Crippen molar-refractivity contribution in [2.45, 2.75) is 12.5 Å². The number of rotatable bonds is 7. The van der Waals surface area contributed by atoms with Crippen molar-refractivity contribution in [2.75, 3.05) is 20.2 Å². The van der Waals surface area contributed by atoms with E-state index in [1.807, 2.05) is 30.3 Å². The molecule has 6 nitrogen and oxygen atoms in total.